The highest BCUT2D eigenvalue weighted by Crippen LogP contribution is 2.38. The molecule has 3 atom stereocenters. The molecule has 2 nitrogen and oxygen atoms in total. The van der Waals surface area contributed by atoms with E-state index in [1.807, 2.05) is 18.2 Å². The van der Waals surface area contributed by atoms with E-state index < -0.39 is 0 Å². The first kappa shape index (κ1) is 12.9. The molecule has 1 aliphatic heterocycles. The molecule has 0 radical (unpaired) electrons. The first-order valence-electron chi connectivity index (χ1n) is 7.45. The van der Waals surface area contributed by atoms with E-state index in [-0.39, 0.29) is 5.41 Å². The lowest BCUT2D eigenvalue weighted by atomic mass is 9.83. The molecule has 3 rings (SSSR count). The molecule has 1 saturated heterocycles. The summed E-state index contributed by atoms with van der Waals surface area (Å²) >= 11 is 0. The number of hydrogen-bond acceptors (Lipinski definition) is 2. The van der Waals surface area contributed by atoms with Gasteiger partial charge in [-0.15, -0.1) is 0 Å². The Bertz CT molecular complexity index is 432. The second kappa shape index (κ2) is 5.09. The van der Waals surface area contributed by atoms with E-state index in [2.05, 4.69) is 24.0 Å². The van der Waals surface area contributed by atoms with Crippen LogP contribution in [0.2, 0.25) is 0 Å². The molecule has 102 valence electrons. The summed E-state index contributed by atoms with van der Waals surface area (Å²) in [5.41, 5.74) is 0.780. The summed E-state index contributed by atoms with van der Waals surface area (Å²) in [5.74, 6) is 1.79. The van der Waals surface area contributed by atoms with E-state index in [9.17, 15) is 4.79 Å². The van der Waals surface area contributed by atoms with Crippen LogP contribution in [0.3, 0.4) is 0 Å². The van der Waals surface area contributed by atoms with Crippen molar-refractivity contribution in [2.24, 2.45) is 11.8 Å². The van der Waals surface area contributed by atoms with Crippen molar-refractivity contribution in [1.82, 2.24) is 4.90 Å². The van der Waals surface area contributed by atoms with Crippen LogP contribution in [-0.4, -0.2) is 30.8 Å². The van der Waals surface area contributed by atoms with Crippen molar-refractivity contribution in [3.8, 4) is 0 Å². The normalized spacial score (nSPS) is 29.9. The quantitative estimate of drug-likeness (QED) is 0.773. The topological polar surface area (TPSA) is 20.3 Å². The summed E-state index contributed by atoms with van der Waals surface area (Å²) < 4.78 is 0. The zero-order valence-corrected chi connectivity index (χ0v) is 11.7. The molecule has 3 unspecified atom stereocenters. The van der Waals surface area contributed by atoms with E-state index in [0.29, 0.717) is 0 Å². The molecule has 1 saturated carbocycles. The standard InChI is InChI=1S/C17H23NO/c1-17(13-19,16-8-3-2-4-9-16)12-18-10-14-6-5-7-15(14)11-18/h2-4,8-9,13-15H,5-7,10-12H2,1H3. The first-order valence-corrected chi connectivity index (χ1v) is 7.45. The van der Waals surface area contributed by atoms with Gasteiger partial charge in [-0.1, -0.05) is 36.8 Å². The molecule has 2 aliphatic rings. The van der Waals surface area contributed by atoms with Gasteiger partial charge in [0, 0.05) is 19.6 Å². The number of benzene rings is 1. The Morgan fingerprint density at radius 3 is 2.42 bits per heavy atom. The van der Waals surface area contributed by atoms with Crippen molar-refractivity contribution in [3.63, 3.8) is 0 Å². The number of carbonyl (C=O) groups is 1. The van der Waals surface area contributed by atoms with Crippen molar-refractivity contribution in [1.29, 1.82) is 0 Å². The third-order valence-corrected chi connectivity index (χ3v) is 5.05. The lowest BCUT2D eigenvalue weighted by molar-refractivity contribution is -0.112. The van der Waals surface area contributed by atoms with Crippen LogP contribution >= 0.6 is 0 Å². The summed E-state index contributed by atoms with van der Waals surface area (Å²) in [5, 5.41) is 0. The van der Waals surface area contributed by atoms with Gasteiger partial charge in [-0.25, -0.2) is 0 Å². The van der Waals surface area contributed by atoms with Gasteiger partial charge in [-0.3, -0.25) is 0 Å². The fourth-order valence-electron chi connectivity index (χ4n) is 3.94. The van der Waals surface area contributed by atoms with Crippen LogP contribution in [0.25, 0.3) is 0 Å². The summed E-state index contributed by atoms with van der Waals surface area (Å²) in [4.78, 5) is 14.1. The van der Waals surface area contributed by atoms with Gasteiger partial charge in [0.2, 0.25) is 0 Å². The molecular weight excluding hydrogens is 234 g/mol. The highest BCUT2D eigenvalue weighted by molar-refractivity contribution is 5.68. The highest BCUT2D eigenvalue weighted by Gasteiger charge is 2.39. The lowest BCUT2D eigenvalue weighted by Crippen LogP contribution is -2.39. The van der Waals surface area contributed by atoms with Gasteiger partial charge < -0.3 is 9.69 Å². The number of fused-ring (bicyclic) bond motifs is 1. The van der Waals surface area contributed by atoms with E-state index in [4.69, 9.17) is 0 Å². The minimum absolute atomic E-state index is 0.361. The number of aldehydes is 1. The second-order valence-electron chi connectivity index (χ2n) is 6.55. The minimum Gasteiger partial charge on any atom is -0.302 e. The van der Waals surface area contributed by atoms with Gasteiger partial charge in [0.15, 0.2) is 0 Å². The molecule has 0 aromatic heterocycles. The van der Waals surface area contributed by atoms with Crippen LogP contribution < -0.4 is 0 Å². The third kappa shape index (κ3) is 2.46. The fourth-order valence-corrected chi connectivity index (χ4v) is 3.94. The molecule has 0 N–H and O–H groups in total. The Morgan fingerprint density at radius 2 is 1.84 bits per heavy atom. The van der Waals surface area contributed by atoms with E-state index >= 15 is 0 Å². The molecule has 2 heteroatoms. The molecule has 0 spiro atoms. The van der Waals surface area contributed by atoms with Gasteiger partial charge in [-0.2, -0.15) is 0 Å². The molecule has 1 aromatic carbocycles. The van der Waals surface area contributed by atoms with E-state index in [1.165, 1.54) is 32.4 Å². The Balaban J connectivity index is 1.72. The Kier molecular flexibility index (Phi) is 3.44. The smallest absolute Gasteiger partial charge is 0.131 e. The second-order valence-corrected chi connectivity index (χ2v) is 6.55. The zero-order valence-electron chi connectivity index (χ0n) is 11.7. The maximum atomic E-state index is 11.6. The average molecular weight is 257 g/mol. The van der Waals surface area contributed by atoms with Crippen molar-refractivity contribution in [2.75, 3.05) is 19.6 Å². The molecule has 2 fully saturated rings. The van der Waals surface area contributed by atoms with E-state index in [1.54, 1.807) is 0 Å². The maximum absolute atomic E-state index is 11.6. The summed E-state index contributed by atoms with van der Waals surface area (Å²) in [6.07, 6.45) is 5.33. The molecular formula is C17H23NO. The molecule has 1 heterocycles. The predicted molar refractivity (Wildman–Crippen MR) is 77.1 cm³/mol. The highest BCUT2D eigenvalue weighted by atomic mass is 16.1. The molecule has 0 bridgehead atoms. The van der Waals surface area contributed by atoms with Crippen molar-refractivity contribution in [2.45, 2.75) is 31.6 Å². The van der Waals surface area contributed by atoms with Crippen LogP contribution in [0.1, 0.15) is 31.7 Å². The minimum atomic E-state index is -0.361. The Morgan fingerprint density at radius 1 is 1.21 bits per heavy atom. The predicted octanol–water partition coefficient (Wildman–Crippen LogP) is 2.88. The van der Waals surface area contributed by atoms with Crippen LogP contribution in [0.15, 0.2) is 30.3 Å². The van der Waals surface area contributed by atoms with Crippen LogP contribution in [0.4, 0.5) is 0 Å². The van der Waals surface area contributed by atoms with Gasteiger partial charge in [-0.05, 0) is 37.2 Å². The van der Waals surface area contributed by atoms with Crippen LogP contribution in [-0.2, 0) is 10.2 Å². The molecule has 1 aromatic rings. The number of likely N-dealkylation sites (tertiary alicyclic amines) is 1. The van der Waals surface area contributed by atoms with Gasteiger partial charge in [0.05, 0.1) is 5.41 Å². The monoisotopic (exact) mass is 257 g/mol. The summed E-state index contributed by atoms with van der Waals surface area (Å²) in [6, 6.07) is 10.2. The third-order valence-electron chi connectivity index (χ3n) is 5.05. The van der Waals surface area contributed by atoms with Crippen LogP contribution in [0, 0.1) is 11.8 Å². The van der Waals surface area contributed by atoms with Gasteiger partial charge >= 0.3 is 0 Å². The summed E-state index contributed by atoms with van der Waals surface area (Å²) in [7, 11) is 0. The van der Waals surface area contributed by atoms with Crippen LogP contribution in [0.5, 0.6) is 0 Å². The van der Waals surface area contributed by atoms with Gasteiger partial charge in [0.1, 0.15) is 6.29 Å². The number of rotatable bonds is 4. The zero-order chi connectivity index (χ0) is 13.3. The van der Waals surface area contributed by atoms with Crippen molar-refractivity contribution < 1.29 is 4.79 Å². The number of nitrogens with zero attached hydrogens (tertiary/aromatic N) is 1. The average Bonchev–Trinajstić information content (AvgIpc) is 3.00. The summed E-state index contributed by atoms with van der Waals surface area (Å²) in [6.45, 7) is 5.33. The Hall–Kier alpha value is -1.15. The van der Waals surface area contributed by atoms with Crippen molar-refractivity contribution >= 4 is 6.29 Å². The largest absolute Gasteiger partial charge is 0.302 e. The SMILES string of the molecule is CC(C=O)(CN1CC2CCCC2C1)c1ccccc1. The van der Waals surface area contributed by atoms with Gasteiger partial charge in [0.25, 0.3) is 0 Å². The number of hydrogen-bond donors (Lipinski definition) is 0. The van der Waals surface area contributed by atoms with E-state index in [0.717, 1.165) is 30.2 Å². The van der Waals surface area contributed by atoms with Crippen molar-refractivity contribution in [3.05, 3.63) is 35.9 Å². The molecule has 19 heavy (non-hydrogen) atoms. The number of carbonyl (C=O) groups excluding carboxylic acids is 1. The maximum Gasteiger partial charge on any atom is 0.131 e. The first-order chi connectivity index (χ1) is 9.21. The Labute approximate surface area is 115 Å². The molecule has 1 aliphatic carbocycles. The molecule has 0 amide bonds. The lowest BCUT2D eigenvalue weighted by Gasteiger charge is -2.29. The fraction of sp³-hybridized carbons (Fsp3) is 0.588.